The van der Waals surface area contributed by atoms with Crippen LogP contribution in [0.25, 0.3) is 10.9 Å². The van der Waals surface area contributed by atoms with Gasteiger partial charge < -0.3 is 5.32 Å². The van der Waals surface area contributed by atoms with Gasteiger partial charge in [-0.2, -0.15) is 5.10 Å². The number of amides is 1. The lowest BCUT2D eigenvalue weighted by Gasteiger charge is -2.20. The number of para-hydroxylation sites is 1. The fourth-order valence-corrected chi connectivity index (χ4v) is 3.15. The van der Waals surface area contributed by atoms with Gasteiger partial charge in [0.05, 0.1) is 11.7 Å². The smallest absolute Gasteiger partial charge is 0.245 e. The molecule has 0 aliphatic heterocycles. The van der Waals surface area contributed by atoms with Gasteiger partial charge >= 0.3 is 0 Å². The van der Waals surface area contributed by atoms with Gasteiger partial charge in [-0.25, -0.2) is 0 Å². The van der Waals surface area contributed by atoms with Crippen molar-refractivity contribution in [2.45, 2.75) is 45.2 Å². The van der Waals surface area contributed by atoms with Crippen molar-refractivity contribution < 1.29 is 4.79 Å². The van der Waals surface area contributed by atoms with Crippen LogP contribution in [-0.2, 0) is 11.2 Å². The highest BCUT2D eigenvalue weighted by molar-refractivity contribution is 5.84. The van der Waals surface area contributed by atoms with Crippen LogP contribution < -0.4 is 5.32 Å². The Labute approximate surface area is 148 Å². The quantitative estimate of drug-likeness (QED) is 0.706. The Morgan fingerprint density at radius 2 is 1.84 bits per heavy atom. The molecule has 1 heterocycles. The standard InChI is InChI=1S/C21H25N3O/c1-3-19(24-20-12-8-7-11-18(20)15-22-24)21(25)23-16(2)13-14-17-9-5-4-6-10-17/h4-12,15-16,19H,3,13-14H2,1-2H3,(H,23,25). The summed E-state index contributed by atoms with van der Waals surface area (Å²) in [4.78, 5) is 12.8. The second kappa shape index (κ2) is 7.97. The van der Waals surface area contributed by atoms with E-state index in [1.165, 1.54) is 5.56 Å². The lowest BCUT2D eigenvalue weighted by atomic mass is 10.1. The molecule has 1 N–H and O–H groups in total. The fourth-order valence-electron chi connectivity index (χ4n) is 3.15. The SMILES string of the molecule is CCC(C(=O)NC(C)CCc1ccccc1)n1ncc2ccccc21. The second-order valence-corrected chi connectivity index (χ2v) is 6.51. The minimum absolute atomic E-state index is 0.0388. The van der Waals surface area contributed by atoms with E-state index in [0.717, 1.165) is 23.7 Å². The highest BCUT2D eigenvalue weighted by atomic mass is 16.2. The number of fused-ring (bicyclic) bond motifs is 1. The van der Waals surface area contributed by atoms with Crippen LogP contribution in [0.2, 0.25) is 0 Å². The molecule has 3 aromatic rings. The number of carbonyl (C=O) groups is 1. The van der Waals surface area contributed by atoms with Crippen LogP contribution in [0.4, 0.5) is 0 Å². The van der Waals surface area contributed by atoms with E-state index in [1.807, 2.05) is 48.1 Å². The number of nitrogens with one attached hydrogen (secondary N) is 1. The molecule has 0 radical (unpaired) electrons. The zero-order valence-corrected chi connectivity index (χ0v) is 14.9. The van der Waals surface area contributed by atoms with Gasteiger partial charge in [-0.05, 0) is 37.8 Å². The summed E-state index contributed by atoms with van der Waals surface area (Å²) in [6.45, 7) is 4.09. The predicted molar refractivity (Wildman–Crippen MR) is 101 cm³/mol. The Morgan fingerprint density at radius 1 is 1.12 bits per heavy atom. The summed E-state index contributed by atoms with van der Waals surface area (Å²) in [6.07, 6.45) is 4.42. The summed E-state index contributed by atoms with van der Waals surface area (Å²) >= 11 is 0. The normalized spacial score (nSPS) is 13.5. The van der Waals surface area contributed by atoms with E-state index < -0.39 is 0 Å². The number of aryl methyl sites for hydroxylation is 1. The number of hydrogen-bond acceptors (Lipinski definition) is 2. The molecule has 0 saturated carbocycles. The van der Waals surface area contributed by atoms with Crippen LogP contribution >= 0.6 is 0 Å². The maximum Gasteiger partial charge on any atom is 0.245 e. The van der Waals surface area contributed by atoms with Crippen LogP contribution in [0.1, 0.15) is 38.3 Å². The van der Waals surface area contributed by atoms with E-state index in [1.54, 1.807) is 0 Å². The average molecular weight is 335 g/mol. The van der Waals surface area contributed by atoms with Crippen LogP contribution in [0.15, 0.2) is 60.8 Å². The minimum Gasteiger partial charge on any atom is -0.352 e. The van der Waals surface area contributed by atoms with Gasteiger partial charge in [-0.1, -0.05) is 55.5 Å². The first-order chi connectivity index (χ1) is 12.2. The van der Waals surface area contributed by atoms with Gasteiger partial charge in [0.25, 0.3) is 0 Å². The molecule has 130 valence electrons. The van der Waals surface area contributed by atoms with Gasteiger partial charge in [0.15, 0.2) is 0 Å². The molecule has 0 spiro atoms. The summed E-state index contributed by atoms with van der Waals surface area (Å²) in [7, 11) is 0. The summed E-state index contributed by atoms with van der Waals surface area (Å²) < 4.78 is 1.84. The Bertz CT molecular complexity index is 825. The van der Waals surface area contributed by atoms with E-state index in [-0.39, 0.29) is 18.0 Å². The molecule has 2 aromatic carbocycles. The lowest BCUT2D eigenvalue weighted by molar-refractivity contribution is -0.125. The molecule has 1 aromatic heterocycles. The summed E-state index contributed by atoms with van der Waals surface area (Å²) in [5, 5.41) is 8.66. The van der Waals surface area contributed by atoms with Crippen LogP contribution in [0.5, 0.6) is 0 Å². The highest BCUT2D eigenvalue weighted by Crippen LogP contribution is 2.20. The first-order valence-corrected chi connectivity index (χ1v) is 8.95. The molecule has 1 amide bonds. The van der Waals surface area contributed by atoms with Gasteiger partial charge in [0.1, 0.15) is 6.04 Å². The number of hydrogen-bond donors (Lipinski definition) is 1. The van der Waals surface area contributed by atoms with Gasteiger partial charge in [-0.15, -0.1) is 0 Å². The monoisotopic (exact) mass is 335 g/mol. The van der Waals surface area contributed by atoms with Gasteiger partial charge in [0, 0.05) is 11.4 Å². The maximum absolute atomic E-state index is 12.8. The van der Waals surface area contributed by atoms with Crippen molar-refractivity contribution >= 4 is 16.8 Å². The van der Waals surface area contributed by atoms with Crippen molar-refractivity contribution in [1.82, 2.24) is 15.1 Å². The predicted octanol–water partition coefficient (Wildman–Crippen LogP) is 4.12. The molecule has 2 unspecified atom stereocenters. The number of rotatable bonds is 7. The zero-order chi connectivity index (χ0) is 17.6. The molecule has 0 bridgehead atoms. The van der Waals surface area contributed by atoms with Crippen molar-refractivity contribution in [2.24, 2.45) is 0 Å². The zero-order valence-electron chi connectivity index (χ0n) is 14.9. The Morgan fingerprint density at radius 3 is 2.60 bits per heavy atom. The van der Waals surface area contributed by atoms with Crippen molar-refractivity contribution in [1.29, 1.82) is 0 Å². The molecule has 0 aliphatic rings. The van der Waals surface area contributed by atoms with Crippen molar-refractivity contribution in [3.8, 4) is 0 Å². The third-order valence-electron chi connectivity index (χ3n) is 4.59. The topological polar surface area (TPSA) is 46.9 Å². The van der Waals surface area contributed by atoms with Crippen molar-refractivity contribution in [2.75, 3.05) is 0 Å². The Hall–Kier alpha value is -2.62. The molecule has 4 heteroatoms. The molecule has 0 aliphatic carbocycles. The maximum atomic E-state index is 12.8. The van der Waals surface area contributed by atoms with Crippen LogP contribution in [-0.4, -0.2) is 21.7 Å². The summed E-state index contributed by atoms with van der Waals surface area (Å²) in [5.41, 5.74) is 2.30. The highest BCUT2D eigenvalue weighted by Gasteiger charge is 2.22. The van der Waals surface area contributed by atoms with Gasteiger partial charge in [-0.3, -0.25) is 9.48 Å². The number of benzene rings is 2. The Kier molecular flexibility index (Phi) is 5.49. The van der Waals surface area contributed by atoms with Crippen molar-refractivity contribution in [3.05, 3.63) is 66.4 Å². The molecular formula is C21H25N3O. The lowest BCUT2D eigenvalue weighted by Crippen LogP contribution is -2.38. The van der Waals surface area contributed by atoms with Crippen molar-refractivity contribution in [3.63, 3.8) is 0 Å². The third-order valence-corrected chi connectivity index (χ3v) is 4.59. The van der Waals surface area contributed by atoms with E-state index in [4.69, 9.17) is 0 Å². The largest absolute Gasteiger partial charge is 0.352 e. The first-order valence-electron chi connectivity index (χ1n) is 8.95. The minimum atomic E-state index is -0.279. The molecule has 25 heavy (non-hydrogen) atoms. The number of nitrogens with zero attached hydrogens (tertiary/aromatic N) is 2. The first kappa shape index (κ1) is 17.2. The number of carbonyl (C=O) groups excluding carboxylic acids is 1. The van der Waals surface area contributed by atoms with Crippen LogP contribution in [0, 0.1) is 0 Å². The van der Waals surface area contributed by atoms with Crippen LogP contribution in [0.3, 0.4) is 0 Å². The molecule has 3 rings (SSSR count). The van der Waals surface area contributed by atoms with E-state index in [9.17, 15) is 4.79 Å². The molecule has 0 fully saturated rings. The summed E-state index contributed by atoms with van der Waals surface area (Å²) in [5.74, 6) is 0.0388. The second-order valence-electron chi connectivity index (χ2n) is 6.51. The third kappa shape index (κ3) is 4.08. The van der Waals surface area contributed by atoms with E-state index in [0.29, 0.717) is 6.42 Å². The molecular weight excluding hydrogens is 310 g/mol. The van der Waals surface area contributed by atoms with E-state index >= 15 is 0 Å². The molecule has 0 saturated heterocycles. The summed E-state index contributed by atoms with van der Waals surface area (Å²) in [6, 6.07) is 18.2. The van der Waals surface area contributed by atoms with Gasteiger partial charge in [0.2, 0.25) is 5.91 Å². The number of aromatic nitrogens is 2. The van der Waals surface area contributed by atoms with E-state index in [2.05, 4.69) is 41.6 Å². The average Bonchev–Trinajstić information content (AvgIpc) is 3.06. The fraction of sp³-hybridized carbons (Fsp3) is 0.333. The molecule has 4 nitrogen and oxygen atoms in total. The molecule has 2 atom stereocenters. The Balaban J connectivity index is 1.64.